The Morgan fingerprint density at radius 2 is 2.18 bits per heavy atom. The van der Waals surface area contributed by atoms with Crippen molar-refractivity contribution in [3.05, 3.63) is 0 Å². The zero-order valence-corrected chi connectivity index (χ0v) is 11.5. The Balaban J connectivity index is 1.71. The maximum Gasteiger partial charge on any atom is 0.150 e. The smallest absolute Gasteiger partial charge is 0.150 e. The summed E-state index contributed by atoms with van der Waals surface area (Å²) < 4.78 is 22.8. The van der Waals surface area contributed by atoms with Gasteiger partial charge in [0.25, 0.3) is 0 Å². The van der Waals surface area contributed by atoms with Crippen molar-refractivity contribution in [2.24, 2.45) is 5.92 Å². The summed E-state index contributed by atoms with van der Waals surface area (Å²) in [5.41, 5.74) is 0. The maximum atomic E-state index is 11.4. The number of hydrogen-bond acceptors (Lipinski definition) is 4. The van der Waals surface area contributed by atoms with E-state index in [1.54, 1.807) is 6.92 Å². The van der Waals surface area contributed by atoms with Crippen LogP contribution in [0, 0.1) is 5.92 Å². The molecule has 5 heteroatoms. The van der Waals surface area contributed by atoms with E-state index in [0.29, 0.717) is 11.8 Å². The Morgan fingerprint density at radius 1 is 1.35 bits per heavy atom. The van der Waals surface area contributed by atoms with Crippen molar-refractivity contribution in [3.8, 4) is 0 Å². The van der Waals surface area contributed by atoms with Gasteiger partial charge in [-0.1, -0.05) is 6.92 Å². The molecule has 0 aromatic carbocycles. The molecule has 0 saturated carbocycles. The fraction of sp³-hybridized carbons (Fsp3) is 1.00. The lowest BCUT2D eigenvalue weighted by Gasteiger charge is -2.24. The second-order valence-electron chi connectivity index (χ2n) is 5.31. The van der Waals surface area contributed by atoms with E-state index in [-0.39, 0.29) is 5.75 Å². The summed E-state index contributed by atoms with van der Waals surface area (Å²) >= 11 is 0. The molecule has 2 saturated heterocycles. The van der Waals surface area contributed by atoms with Crippen LogP contribution in [0.5, 0.6) is 0 Å². The minimum absolute atomic E-state index is 0.278. The van der Waals surface area contributed by atoms with Gasteiger partial charge in [-0.05, 0) is 38.3 Å². The lowest BCUT2D eigenvalue weighted by atomic mass is 9.94. The maximum absolute atomic E-state index is 11.4. The summed E-state index contributed by atoms with van der Waals surface area (Å²) in [5.74, 6) is 1.43. The molecule has 0 aromatic heterocycles. The second-order valence-corrected chi connectivity index (χ2v) is 7.79. The highest BCUT2D eigenvalue weighted by Crippen LogP contribution is 2.24. The normalized spacial score (nSPS) is 30.4. The van der Waals surface area contributed by atoms with Crippen LogP contribution < -0.4 is 5.32 Å². The molecule has 0 bridgehead atoms. The fourth-order valence-electron chi connectivity index (χ4n) is 2.97. The van der Waals surface area contributed by atoms with Crippen LogP contribution in [0.1, 0.15) is 26.2 Å². The zero-order valence-electron chi connectivity index (χ0n) is 10.7. The predicted molar refractivity (Wildman–Crippen MR) is 69.9 cm³/mol. The third kappa shape index (κ3) is 3.66. The molecule has 0 aromatic rings. The fourth-order valence-corrected chi connectivity index (χ4v) is 3.83. The topological polar surface area (TPSA) is 49.4 Å². The van der Waals surface area contributed by atoms with Gasteiger partial charge in [-0.2, -0.15) is 0 Å². The van der Waals surface area contributed by atoms with E-state index in [0.717, 1.165) is 38.5 Å². The minimum atomic E-state index is -2.78. The van der Waals surface area contributed by atoms with Gasteiger partial charge in [0, 0.05) is 24.9 Å². The number of nitrogens with zero attached hydrogens (tertiary/aromatic N) is 1. The van der Waals surface area contributed by atoms with Crippen LogP contribution in [-0.4, -0.2) is 57.0 Å². The average molecular weight is 260 g/mol. The second kappa shape index (κ2) is 5.67. The molecule has 17 heavy (non-hydrogen) atoms. The van der Waals surface area contributed by atoms with Crippen molar-refractivity contribution in [1.29, 1.82) is 0 Å². The quantitative estimate of drug-likeness (QED) is 0.782. The number of fused-ring (bicyclic) bond motifs is 1. The Labute approximate surface area is 105 Å². The highest BCUT2D eigenvalue weighted by atomic mass is 32.2. The lowest BCUT2D eigenvalue weighted by Crippen LogP contribution is -2.40. The molecular weight excluding hydrogens is 236 g/mol. The van der Waals surface area contributed by atoms with Gasteiger partial charge < -0.3 is 10.2 Å². The average Bonchev–Trinajstić information content (AvgIpc) is 2.71. The van der Waals surface area contributed by atoms with Crippen LogP contribution >= 0.6 is 0 Å². The molecule has 2 aliphatic rings. The molecule has 2 rings (SSSR count). The van der Waals surface area contributed by atoms with Crippen molar-refractivity contribution in [2.45, 2.75) is 32.2 Å². The molecule has 2 heterocycles. The molecule has 0 aliphatic carbocycles. The summed E-state index contributed by atoms with van der Waals surface area (Å²) in [6.45, 7) is 6.08. The third-order valence-corrected chi connectivity index (χ3v) is 5.83. The van der Waals surface area contributed by atoms with Crippen LogP contribution in [0.2, 0.25) is 0 Å². The molecule has 1 N–H and O–H groups in total. The molecule has 2 fully saturated rings. The van der Waals surface area contributed by atoms with E-state index < -0.39 is 9.84 Å². The highest BCUT2D eigenvalue weighted by molar-refractivity contribution is 7.91. The van der Waals surface area contributed by atoms with Crippen LogP contribution in [0.15, 0.2) is 0 Å². The number of nitrogens with one attached hydrogen (secondary N) is 1. The monoisotopic (exact) mass is 260 g/mol. The molecule has 4 nitrogen and oxygen atoms in total. The van der Waals surface area contributed by atoms with Crippen molar-refractivity contribution >= 4 is 9.84 Å². The number of piperidine rings is 1. The standard InChI is InChI=1S/C12H24N2O2S/c1-2-17(15,16)8-4-7-14-9-11-5-3-6-13-12(11)10-14/h11-13H,2-10H2,1H3/t11-,12+/m0/s1. The molecule has 0 amide bonds. The van der Waals surface area contributed by atoms with Crippen LogP contribution in [0.4, 0.5) is 0 Å². The molecule has 100 valence electrons. The first-order chi connectivity index (χ1) is 8.11. The van der Waals surface area contributed by atoms with Gasteiger partial charge in [0.1, 0.15) is 9.84 Å². The van der Waals surface area contributed by atoms with E-state index >= 15 is 0 Å². The predicted octanol–water partition coefficient (Wildman–Crippen LogP) is 0.495. The molecule has 0 radical (unpaired) electrons. The summed E-state index contributed by atoms with van der Waals surface area (Å²) in [7, 11) is -2.78. The van der Waals surface area contributed by atoms with E-state index in [2.05, 4.69) is 10.2 Å². The summed E-state index contributed by atoms with van der Waals surface area (Å²) in [5, 5.41) is 3.57. The van der Waals surface area contributed by atoms with Crippen LogP contribution in [0.25, 0.3) is 0 Å². The van der Waals surface area contributed by atoms with E-state index in [1.807, 2.05) is 0 Å². The summed E-state index contributed by atoms with van der Waals surface area (Å²) in [4.78, 5) is 2.43. The SMILES string of the molecule is CCS(=O)(=O)CCCN1C[C@@H]2CCCN[C@@H]2C1. The van der Waals surface area contributed by atoms with Crippen LogP contribution in [-0.2, 0) is 9.84 Å². The number of sulfone groups is 1. The van der Waals surface area contributed by atoms with Crippen molar-refractivity contribution < 1.29 is 8.42 Å². The van der Waals surface area contributed by atoms with E-state index in [9.17, 15) is 8.42 Å². The van der Waals surface area contributed by atoms with Crippen molar-refractivity contribution in [1.82, 2.24) is 10.2 Å². The van der Waals surface area contributed by atoms with Gasteiger partial charge in [0.2, 0.25) is 0 Å². The molecule has 0 spiro atoms. The van der Waals surface area contributed by atoms with Gasteiger partial charge in [-0.3, -0.25) is 0 Å². The Morgan fingerprint density at radius 3 is 2.88 bits per heavy atom. The lowest BCUT2D eigenvalue weighted by molar-refractivity contribution is 0.320. The highest BCUT2D eigenvalue weighted by Gasteiger charge is 2.33. The first-order valence-electron chi connectivity index (χ1n) is 6.77. The third-order valence-electron chi connectivity index (χ3n) is 4.04. The van der Waals surface area contributed by atoms with Gasteiger partial charge in [-0.25, -0.2) is 8.42 Å². The van der Waals surface area contributed by atoms with Gasteiger partial charge in [0.15, 0.2) is 0 Å². The largest absolute Gasteiger partial charge is 0.312 e. The number of hydrogen-bond donors (Lipinski definition) is 1. The Bertz CT molecular complexity index is 328. The number of likely N-dealkylation sites (tertiary alicyclic amines) is 1. The molecule has 2 aliphatic heterocycles. The Hall–Kier alpha value is -0.130. The molecule has 2 atom stereocenters. The Kier molecular flexibility index (Phi) is 4.44. The van der Waals surface area contributed by atoms with E-state index in [1.165, 1.54) is 12.8 Å². The minimum Gasteiger partial charge on any atom is -0.312 e. The van der Waals surface area contributed by atoms with Gasteiger partial charge in [-0.15, -0.1) is 0 Å². The summed E-state index contributed by atoms with van der Waals surface area (Å²) in [6, 6.07) is 0.659. The molecular formula is C12H24N2O2S. The van der Waals surface area contributed by atoms with E-state index in [4.69, 9.17) is 0 Å². The first kappa shape index (κ1) is 13.3. The van der Waals surface area contributed by atoms with Gasteiger partial charge >= 0.3 is 0 Å². The molecule has 0 unspecified atom stereocenters. The summed E-state index contributed by atoms with van der Waals surface area (Å²) in [6.07, 6.45) is 3.41. The van der Waals surface area contributed by atoms with Crippen LogP contribution in [0.3, 0.4) is 0 Å². The number of rotatable bonds is 5. The van der Waals surface area contributed by atoms with Crippen molar-refractivity contribution in [3.63, 3.8) is 0 Å². The first-order valence-corrected chi connectivity index (χ1v) is 8.59. The zero-order chi connectivity index (χ0) is 12.3. The van der Waals surface area contributed by atoms with Gasteiger partial charge in [0.05, 0.1) is 5.75 Å². The van der Waals surface area contributed by atoms with Crippen molar-refractivity contribution in [2.75, 3.05) is 37.7 Å².